The van der Waals surface area contributed by atoms with Gasteiger partial charge in [-0.3, -0.25) is 4.79 Å². The Kier molecular flexibility index (Phi) is 4.01. The van der Waals surface area contributed by atoms with E-state index >= 15 is 0 Å². The van der Waals surface area contributed by atoms with Crippen LogP contribution < -0.4 is 5.32 Å². The largest absolute Gasteiger partial charge is 0.481 e. The zero-order valence-electron chi connectivity index (χ0n) is 14.5. The highest BCUT2D eigenvalue weighted by molar-refractivity contribution is 5.91. The van der Waals surface area contributed by atoms with Crippen LogP contribution in [0.15, 0.2) is 24.7 Å². The van der Waals surface area contributed by atoms with Gasteiger partial charge in [-0.1, -0.05) is 6.92 Å². The lowest BCUT2D eigenvalue weighted by molar-refractivity contribution is -0.137. The average molecular weight is 373 g/mol. The fraction of sp³-hybridized carbons (Fsp3) is 0.333. The second kappa shape index (κ2) is 6.26. The molecule has 1 aliphatic rings. The number of pyridine rings is 1. The lowest BCUT2D eigenvalue weighted by atomic mass is 9.96. The molecule has 0 aliphatic heterocycles. The van der Waals surface area contributed by atoms with Crippen molar-refractivity contribution < 1.29 is 18.7 Å². The fourth-order valence-electron chi connectivity index (χ4n) is 3.12. The summed E-state index contributed by atoms with van der Waals surface area (Å²) in [6.45, 7) is 1.96. The number of aromatic nitrogens is 4. The van der Waals surface area contributed by atoms with Crippen molar-refractivity contribution in [3.8, 4) is 11.4 Å². The monoisotopic (exact) mass is 373 g/mol. The van der Waals surface area contributed by atoms with Crippen molar-refractivity contribution >= 4 is 22.8 Å². The first-order valence-electron chi connectivity index (χ1n) is 8.49. The SMILES string of the molecule is CC1(C(CC(=O)O)Nc2nc(-c3c[nH]c4ncc(F)cc34)ncc2F)CC1. The van der Waals surface area contributed by atoms with E-state index in [1.807, 2.05) is 6.92 Å². The van der Waals surface area contributed by atoms with Crippen LogP contribution in [0.5, 0.6) is 0 Å². The van der Waals surface area contributed by atoms with Crippen LogP contribution in [0.4, 0.5) is 14.6 Å². The molecule has 1 unspecified atom stereocenters. The molecule has 9 heteroatoms. The number of halogens is 2. The lowest BCUT2D eigenvalue weighted by Crippen LogP contribution is -2.32. The molecule has 3 aromatic heterocycles. The topological polar surface area (TPSA) is 104 Å². The van der Waals surface area contributed by atoms with Gasteiger partial charge in [-0.05, 0) is 24.3 Å². The van der Waals surface area contributed by atoms with Crippen LogP contribution in [0, 0.1) is 17.0 Å². The van der Waals surface area contributed by atoms with Crippen molar-refractivity contribution in [3.05, 3.63) is 36.3 Å². The molecule has 7 nitrogen and oxygen atoms in total. The molecule has 0 bridgehead atoms. The average Bonchev–Trinajstić information content (AvgIpc) is 3.23. The highest BCUT2D eigenvalue weighted by Gasteiger charge is 2.46. The molecule has 1 fully saturated rings. The van der Waals surface area contributed by atoms with Gasteiger partial charge in [0.05, 0.1) is 18.8 Å². The minimum absolute atomic E-state index is 0.0712. The van der Waals surface area contributed by atoms with Crippen LogP contribution in [0.3, 0.4) is 0 Å². The summed E-state index contributed by atoms with van der Waals surface area (Å²) in [4.78, 5) is 26.2. The van der Waals surface area contributed by atoms with Crippen molar-refractivity contribution in [1.82, 2.24) is 19.9 Å². The zero-order chi connectivity index (χ0) is 19.2. The molecule has 27 heavy (non-hydrogen) atoms. The van der Waals surface area contributed by atoms with E-state index in [-0.39, 0.29) is 23.5 Å². The van der Waals surface area contributed by atoms with E-state index in [0.29, 0.717) is 16.6 Å². The number of nitrogens with one attached hydrogen (secondary N) is 2. The van der Waals surface area contributed by atoms with E-state index in [9.17, 15) is 13.6 Å². The van der Waals surface area contributed by atoms with E-state index in [1.165, 1.54) is 6.07 Å². The first kappa shape index (κ1) is 17.3. The standard InChI is InChI=1S/C18H17F2N5O2/c1-18(2-3-18)13(5-14(26)27)24-17-12(20)8-23-16(25-17)11-7-22-15-10(11)4-9(19)6-21-15/h4,6-8,13H,2-3,5H2,1H3,(H,21,22)(H,26,27)(H,23,24,25). The number of rotatable bonds is 6. The second-order valence-corrected chi connectivity index (χ2v) is 7.09. The Morgan fingerprint density at radius 3 is 2.85 bits per heavy atom. The first-order valence-corrected chi connectivity index (χ1v) is 8.49. The molecular formula is C18H17F2N5O2. The molecule has 140 valence electrons. The number of fused-ring (bicyclic) bond motifs is 1. The fourth-order valence-corrected chi connectivity index (χ4v) is 3.12. The Balaban J connectivity index is 1.70. The van der Waals surface area contributed by atoms with Gasteiger partial charge in [-0.15, -0.1) is 0 Å². The highest BCUT2D eigenvalue weighted by Crippen LogP contribution is 2.50. The molecule has 3 N–H and O–H groups in total. The van der Waals surface area contributed by atoms with Crippen LogP contribution in [-0.2, 0) is 4.79 Å². The highest BCUT2D eigenvalue weighted by atomic mass is 19.1. The van der Waals surface area contributed by atoms with E-state index in [0.717, 1.165) is 25.2 Å². The van der Waals surface area contributed by atoms with Gasteiger partial charge in [0.25, 0.3) is 0 Å². The number of hydrogen-bond acceptors (Lipinski definition) is 5. The minimum atomic E-state index is -0.964. The number of carbonyl (C=O) groups is 1. The van der Waals surface area contributed by atoms with Gasteiger partial charge < -0.3 is 15.4 Å². The number of aliphatic carboxylic acids is 1. The lowest BCUT2D eigenvalue weighted by Gasteiger charge is -2.24. The third-order valence-electron chi connectivity index (χ3n) is 5.05. The van der Waals surface area contributed by atoms with Gasteiger partial charge in [-0.25, -0.2) is 23.7 Å². The van der Waals surface area contributed by atoms with Gasteiger partial charge in [0.1, 0.15) is 11.5 Å². The number of anilines is 1. The van der Waals surface area contributed by atoms with Crippen molar-refractivity contribution in [2.45, 2.75) is 32.2 Å². The van der Waals surface area contributed by atoms with Gasteiger partial charge in [0.2, 0.25) is 0 Å². The zero-order valence-corrected chi connectivity index (χ0v) is 14.5. The molecule has 3 heterocycles. The third kappa shape index (κ3) is 3.32. The number of aromatic amines is 1. The summed E-state index contributed by atoms with van der Waals surface area (Å²) in [7, 11) is 0. The molecule has 1 saturated carbocycles. The Bertz CT molecular complexity index is 1030. The smallest absolute Gasteiger partial charge is 0.305 e. The third-order valence-corrected chi connectivity index (χ3v) is 5.05. The molecule has 0 spiro atoms. The number of hydrogen-bond donors (Lipinski definition) is 3. The summed E-state index contributed by atoms with van der Waals surface area (Å²) in [5, 5.41) is 12.6. The number of carboxylic acids is 1. The van der Waals surface area contributed by atoms with Crippen molar-refractivity contribution in [1.29, 1.82) is 0 Å². The Labute approximate surface area is 152 Å². The van der Waals surface area contributed by atoms with Crippen LogP contribution in [0.25, 0.3) is 22.4 Å². The second-order valence-electron chi connectivity index (χ2n) is 7.09. The van der Waals surface area contributed by atoms with Crippen LogP contribution in [0.1, 0.15) is 26.2 Å². The van der Waals surface area contributed by atoms with Gasteiger partial charge in [0.15, 0.2) is 17.5 Å². The summed E-state index contributed by atoms with van der Waals surface area (Å²) >= 11 is 0. The van der Waals surface area contributed by atoms with E-state index in [4.69, 9.17) is 5.11 Å². The summed E-state index contributed by atoms with van der Waals surface area (Å²) < 4.78 is 27.8. The quantitative estimate of drug-likeness (QED) is 0.612. The molecule has 1 aliphatic carbocycles. The minimum Gasteiger partial charge on any atom is -0.481 e. The maximum Gasteiger partial charge on any atom is 0.305 e. The summed E-state index contributed by atoms with van der Waals surface area (Å²) in [6.07, 6.45) is 5.27. The van der Waals surface area contributed by atoms with Crippen LogP contribution in [-0.4, -0.2) is 37.1 Å². The first-order chi connectivity index (χ1) is 12.9. The Morgan fingerprint density at radius 2 is 2.15 bits per heavy atom. The molecule has 4 rings (SSSR count). The van der Waals surface area contributed by atoms with Crippen molar-refractivity contribution in [2.24, 2.45) is 5.41 Å². The van der Waals surface area contributed by atoms with E-state index < -0.39 is 23.6 Å². The van der Waals surface area contributed by atoms with Crippen LogP contribution in [0.2, 0.25) is 0 Å². The normalized spacial score (nSPS) is 16.3. The maximum atomic E-state index is 14.3. The predicted molar refractivity (Wildman–Crippen MR) is 94.0 cm³/mol. The molecule has 1 atom stereocenters. The molecular weight excluding hydrogens is 356 g/mol. The van der Waals surface area contributed by atoms with Crippen LogP contribution >= 0.6 is 0 Å². The van der Waals surface area contributed by atoms with Crippen molar-refractivity contribution in [2.75, 3.05) is 5.32 Å². The maximum absolute atomic E-state index is 14.3. The van der Waals surface area contributed by atoms with Gasteiger partial charge in [0, 0.05) is 23.2 Å². The molecule has 0 radical (unpaired) electrons. The number of nitrogens with zero attached hydrogens (tertiary/aromatic N) is 3. The summed E-state index contributed by atoms with van der Waals surface area (Å²) in [5.74, 6) is -2.03. The number of carboxylic acid groups (broad SMARTS) is 1. The number of H-pyrrole nitrogens is 1. The van der Waals surface area contributed by atoms with E-state index in [2.05, 4.69) is 25.3 Å². The van der Waals surface area contributed by atoms with E-state index in [1.54, 1.807) is 6.20 Å². The summed E-state index contributed by atoms with van der Waals surface area (Å²) in [5.41, 5.74) is 0.736. The molecule has 3 aromatic rings. The molecule has 0 aromatic carbocycles. The Hall–Kier alpha value is -3.10. The van der Waals surface area contributed by atoms with Crippen molar-refractivity contribution in [3.63, 3.8) is 0 Å². The Morgan fingerprint density at radius 1 is 1.37 bits per heavy atom. The van der Waals surface area contributed by atoms with Gasteiger partial charge in [-0.2, -0.15) is 0 Å². The molecule has 0 amide bonds. The molecule has 0 saturated heterocycles. The summed E-state index contributed by atoms with van der Waals surface area (Å²) in [6, 6.07) is 0.848. The van der Waals surface area contributed by atoms with Gasteiger partial charge >= 0.3 is 5.97 Å². The predicted octanol–water partition coefficient (Wildman–Crippen LogP) is 3.35.